The van der Waals surface area contributed by atoms with Crippen molar-refractivity contribution in [3.05, 3.63) is 65.7 Å². The number of amides is 2. The predicted molar refractivity (Wildman–Crippen MR) is 179 cm³/mol. The van der Waals surface area contributed by atoms with E-state index in [2.05, 4.69) is 26.8 Å². The molecule has 0 saturated carbocycles. The number of esters is 1. The smallest absolute Gasteiger partial charge is 0.382 e. The first-order chi connectivity index (χ1) is 22.4. The Morgan fingerprint density at radius 2 is 1.51 bits per heavy atom. The second-order valence-corrected chi connectivity index (χ2v) is 11.4. The summed E-state index contributed by atoms with van der Waals surface area (Å²) < 4.78 is 5.22. The summed E-state index contributed by atoms with van der Waals surface area (Å²) >= 11 is 0. The highest BCUT2D eigenvalue weighted by Gasteiger charge is 2.32. The summed E-state index contributed by atoms with van der Waals surface area (Å²) in [6.45, 7) is 4.67. The van der Waals surface area contributed by atoms with E-state index >= 15 is 0 Å². The van der Waals surface area contributed by atoms with Crippen molar-refractivity contribution in [3.8, 4) is 5.75 Å². The minimum Gasteiger partial charge on any atom is -0.421 e. The molecule has 0 aliphatic rings. The Morgan fingerprint density at radius 1 is 0.851 bits per heavy atom. The molecule has 0 aromatic heterocycles. The van der Waals surface area contributed by atoms with Gasteiger partial charge in [0.25, 0.3) is 5.78 Å². The van der Waals surface area contributed by atoms with Crippen molar-refractivity contribution in [1.82, 2.24) is 26.8 Å². The average molecular weight is 655 g/mol. The number of nitrogens with one attached hydrogen (secondary N) is 6. The number of hydrogen-bond donors (Lipinski definition) is 10. The van der Waals surface area contributed by atoms with Crippen molar-refractivity contribution in [2.45, 2.75) is 76.9 Å². The van der Waals surface area contributed by atoms with Crippen LogP contribution in [-0.4, -0.2) is 66.9 Å². The van der Waals surface area contributed by atoms with E-state index < -0.39 is 42.1 Å². The van der Waals surface area contributed by atoms with E-state index in [0.29, 0.717) is 44.3 Å². The highest BCUT2D eigenvalue weighted by atomic mass is 16.5. The molecule has 15 heteroatoms. The van der Waals surface area contributed by atoms with Gasteiger partial charge in [0.1, 0.15) is 23.9 Å². The largest absolute Gasteiger partial charge is 0.421 e. The maximum Gasteiger partial charge on any atom is 0.382 e. The number of nitrogens with two attached hydrogens (primary N) is 4. The number of carbonyl (C=O) groups excluding carboxylic acids is 4. The number of nitrogen functional groups attached to an aromatic ring is 1. The lowest BCUT2D eigenvalue weighted by molar-refractivity contribution is -0.148. The normalized spacial score (nSPS) is 13.1. The fourth-order valence-corrected chi connectivity index (χ4v) is 4.49. The van der Waals surface area contributed by atoms with Gasteiger partial charge in [0.05, 0.1) is 12.1 Å². The van der Waals surface area contributed by atoms with Crippen molar-refractivity contribution >= 4 is 29.4 Å². The molecule has 2 amide bonds. The molecule has 0 aliphatic heterocycles. The third kappa shape index (κ3) is 14.4. The zero-order valence-electron chi connectivity index (χ0n) is 27.1. The van der Waals surface area contributed by atoms with E-state index in [1.165, 1.54) is 0 Å². The average Bonchev–Trinajstić information content (AvgIpc) is 3.04. The molecule has 0 saturated heterocycles. The Labute approximate surface area is 275 Å². The van der Waals surface area contributed by atoms with Crippen LogP contribution in [-0.2, 0) is 25.7 Å². The van der Waals surface area contributed by atoms with Crippen LogP contribution in [0.5, 0.6) is 5.75 Å². The monoisotopic (exact) mass is 654 g/mol. The summed E-state index contributed by atoms with van der Waals surface area (Å²) in [5, 5.41) is 15.9. The van der Waals surface area contributed by atoms with Gasteiger partial charge in [-0.3, -0.25) is 25.1 Å². The van der Waals surface area contributed by atoms with E-state index in [4.69, 9.17) is 33.1 Å². The Balaban J connectivity index is 2.11. The van der Waals surface area contributed by atoms with E-state index in [1.807, 2.05) is 0 Å². The number of ketones is 1. The first-order valence-corrected chi connectivity index (χ1v) is 15.7. The van der Waals surface area contributed by atoms with Crippen LogP contribution >= 0.6 is 0 Å². The maximum atomic E-state index is 13.5. The van der Waals surface area contributed by atoms with Crippen molar-refractivity contribution in [1.29, 1.82) is 5.41 Å². The number of para-hydroxylation sites is 1. The van der Waals surface area contributed by atoms with Gasteiger partial charge in [0, 0.05) is 12.1 Å². The fraction of sp³-hybridized carbons (Fsp3) is 0.469. The number of rotatable bonds is 22. The number of amidine groups is 1. The zero-order valence-corrected chi connectivity index (χ0v) is 27.1. The van der Waals surface area contributed by atoms with Gasteiger partial charge in [0.15, 0.2) is 0 Å². The molecule has 0 heterocycles. The molecule has 0 bridgehead atoms. The summed E-state index contributed by atoms with van der Waals surface area (Å²) in [6, 6.07) is 12.3. The predicted octanol–water partition coefficient (Wildman–Crippen LogP) is -0.566. The lowest BCUT2D eigenvalue weighted by Crippen LogP contribution is -2.60. The highest BCUT2D eigenvalue weighted by molar-refractivity contribution is 6.36. The SMILES string of the molecule is CC(C)[C@H](NN[C@@H](CCCCN)C(=O)NCc1ccc(C(=N)N)cc1)C(=O)N[C@@H](CCCNC(N)N)C(=O)C(=O)Oc1ccccc1. The number of Topliss-reactive ketones (excluding diaryl/α,β-unsaturated/α-hetero) is 1. The summed E-state index contributed by atoms with van der Waals surface area (Å²) in [4.78, 5) is 52.6. The number of hydrogen-bond acceptors (Lipinski definition) is 12. The second-order valence-electron chi connectivity index (χ2n) is 11.4. The lowest BCUT2D eigenvalue weighted by Gasteiger charge is -2.27. The van der Waals surface area contributed by atoms with Gasteiger partial charge in [-0.1, -0.05) is 62.7 Å². The number of hydrazine groups is 1. The Bertz CT molecular complexity index is 1290. The molecule has 258 valence electrons. The van der Waals surface area contributed by atoms with Crippen LogP contribution in [0.4, 0.5) is 0 Å². The van der Waals surface area contributed by atoms with Crippen LogP contribution in [0.3, 0.4) is 0 Å². The number of ether oxygens (including phenoxy) is 1. The Hall–Kier alpha value is -4.25. The van der Waals surface area contributed by atoms with Crippen molar-refractivity contribution < 1.29 is 23.9 Å². The third-order valence-corrected chi connectivity index (χ3v) is 7.19. The van der Waals surface area contributed by atoms with Gasteiger partial charge in [-0.2, -0.15) is 0 Å². The molecule has 2 rings (SSSR count). The highest BCUT2D eigenvalue weighted by Crippen LogP contribution is 2.11. The minimum absolute atomic E-state index is 0.0456. The molecule has 3 atom stereocenters. The summed E-state index contributed by atoms with van der Waals surface area (Å²) in [6.07, 6.45) is 1.54. The second kappa shape index (κ2) is 20.8. The van der Waals surface area contributed by atoms with Crippen LogP contribution in [0, 0.1) is 11.3 Å². The summed E-state index contributed by atoms with van der Waals surface area (Å²) in [7, 11) is 0. The standard InChI is InChI=1S/C32H50N10O5/c1-20(2)26(42-41-25(11-6-7-17-33)29(44)39-19-21-13-15-22(16-14-21)28(34)35)30(45)40-24(12-8-18-38-32(36)37)27(43)31(46)47-23-9-4-3-5-10-23/h3-5,9-10,13-16,20,24-26,32,38,41-42H,6-8,11-12,17-19,33,36-37H2,1-2H3,(H3,34,35)(H,39,44)(H,40,45)/t24-,25-,26-/m0/s1. The first kappa shape index (κ1) is 38.9. The summed E-state index contributed by atoms with van der Waals surface area (Å²) in [5.74, 6) is -2.99. The number of carbonyl (C=O) groups is 4. The van der Waals surface area contributed by atoms with Crippen LogP contribution < -0.4 is 54.5 Å². The van der Waals surface area contributed by atoms with Crippen LogP contribution in [0.15, 0.2) is 54.6 Å². The van der Waals surface area contributed by atoms with Gasteiger partial charge < -0.3 is 38.3 Å². The van der Waals surface area contributed by atoms with Gasteiger partial charge in [-0.25, -0.2) is 15.6 Å². The number of unbranched alkanes of at least 4 members (excludes halogenated alkanes) is 1. The van der Waals surface area contributed by atoms with E-state index in [9.17, 15) is 19.2 Å². The van der Waals surface area contributed by atoms with E-state index in [-0.39, 0.29) is 36.4 Å². The van der Waals surface area contributed by atoms with Crippen molar-refractivity contribution in [2.24, 2.45) is 28.9 Å². The maximum absolute atomic E-state index is 13.5. The molecule has 0 radical (unpaired) electrons. The molecule has 2 aromatic rings. The Kier molecular flexibility index (Phi) is 17.2. The summed E-state index contributed by atoms with van der Waals surface area (Å²) in [5.41, 5.74) is 29.6. The first-order valence-electron chi connectivity index (χ1n) is 15.7. The molecule has 0 unspecified atom stereocenters. The number of benzene rings is 2. The topological polar surface area (TPSA) is 266 Å². The third-order valence-electron chi connectivity index (χ3n) is 7.19. The van der Waals surface area contributed by atoms with Crippen molar-refractivity contribution in [2.75, 3.05) is 13.1 Å². The van der Waals surface area contributed by atoms with Crippen molar-refractivity contribution in [3.63, 3.8) is 0 Å². The molecule has 0 aliphatic carbocycles. The van der Waals surface area contributed by atoms with Gasteiger partial charge in [-0.15, -0.1) is 0 Å². The van der Waals surface area contributed by atoms with Gasteiger partial charge >= 0.3 is 5.97 Å². The van der Waals surface area contributed by atoms with Gasteiger partial charge in [0.2, 0.25) is 11.8 Å². The quantitative estimate of drug-likeness (QED) is 0.0112. The van der Waals surface area contributed by atoms with Crippen LogP contribution in [0.25, 0.3) is 0 Å². The van der Waals surface area contributed by atoms with Crippen LogP contribution in [0.2, 0.25) is 0 Å². The Morgan fingerprint density at radius 3 is 2.11 bits per heavy atom. The molecule has 0 spiro atoms. The van der Waals surface area contributed by atoms with Gasteiger partial charge in [-0.05, 0) is 62.4 Å². The molecule has 47 heavy (non-hydrogen) atoms. The fourth-order valence-electron chi connectivity index (χ4n) is 4.49. The molecule has 0 fully saturated rings. The molecule has 14 N–H and O–H groups in total. The molecular formula is C32H50N10O5. The molecule has 15 nitrogen and oxygen atoms in total. The van der Waals surface area contributed by atoms with E-state index in [1.54, 1.807) is 68.4 Å². The minimum atomic E-state index is -1.18. The van der Waals surface area contributed by atoms with Crippen LogP contribution in [0.1, 0.15) is 57.1 Å². The lowest BCUT2D eigenvalue weighted by atomic mass is 10.0. The molecule has 2 aromatic carbocycles. The molecular weight excluding hydrogens is 604 g/mol. The zero-order chi connectivity index (χ0) is 34.8. The van der Waals surface area contributed by atoms with E-state index in [0.717, 1.165) is 5.56 Å².